The van der Waals surface area contributed by atoms with Gasteiger partial charge < -0.3 is 25.5 Å². The highest BCUT2D eigenvalue weighted by Gasteiger charge is 2.23. The molecule has 0 heterocycles. The van der Waals surface area contributed by atoms with Gasteiger partial charge in [0, 0.05) is 12.8 Å². The zero-order valence-corrected chi connectivity index (χ0v) is 16.5. The number of carbonyl (C=O) groups is 1. The highest BCUT2D eigenvalue weighted by molar-refractivity contribution is 5.66. The van der Waals surface area contributed by atoms with Crippen molar-refractivity contribution in [2.75, 3.05) is 0 Å². The van der Waals surface area contributed by atoms with Crippen molar-refractivity contribution in [3.05, 3.63) is 24.3 Å². The highest BCUT2D eigenvalue weighted by atomic mass is 16.4. The van der Waals surface area contributed by atoms with Crippen molar-refractivity contribution in [3.63, 3.8) is 0 Å². The van der Waals surface area contributed by atoms with Crippen molar-refractivity contribution in [1.82, 2.24) is 0 Å². The van der Waals surface area contributed by atoms with Crippen molar-refractivity contribution in [1.29, 1.82) is 0 Å². The topological polar surface area (TPSA) is 118 Å². The van der Waals surface area contributed by atoms with Gasteiger partial charge in [-0.25, -0.2) is 0 Å². The van der Waals surface area contributed by atoms with Crippen molar-refractivity contribution in [2.24, 2.45) is 0 Å². The predicted octanol–water partition coefficient (Wildman–Crippen LogP) is 2.94. The minimum atomic E-state index is -1.09. The summed E-state index contributed by atoms with van der Waals surface area (Å²) in [7, 11) is 0. The van der Waals surface area contributed by atoms with Gasteiger partial charge in [0.2, 0.25) is 0 Å². The molecular weight excluding hydrogens is 348 g/mol. The molecule has 6 heteroatoms. The normalized spacial score (nSPS) is 16.6. The highest BCUT2D eigenvalue weighted by Crippen LogP contribution is 2.15. The third kappa shape index (κ3) is 15.5. The van der Waals surface area contributed by atoms with Crippen molar-refractivity contribution >= 4 is 5.97 Å². The zero-order chi connectivity index (χ0) is 20.5. The van der Waals surface area contributed by atoms with Gasteiger partial charge in [-0.15, -0.1) is 0 Å². The zero-order valence-electron chi connectivity index (χ0n) is 16.5. The summed E-state index contributed by atoms with van der Waals surface area (Å²) >= 11 is 0. The SMILES string of the molecule is CCC/C=C/C=C/CC(O)C(O)CC(O)C(O)CCCCCCCC(=O)O. The number of hydrogen-bond acceptors (Lipinski definition) is 5. The van der Waals surface area contributed by atoms with Crippen LogP contribution in [-0.2, 0) is 4.79 Å². The van der Waals surface area contributed by atoms with Crippen LogP contribution in [0.15, 0.2) is 24.3 Å². The summed E-state index contributed by atoms with van der Waals surface area (Å²) in [6.45, 7) is 2.09. The number of aliphatic carboxylic acids is 1. The lowest BCUT2D eigenvalue weighted by Gasteiger charge is -2.23. The first-order valence-corrected chi connectivity index (χ1v) is 10.1. The number of carboxylic acids is 1. The Morgan fingerprint density at radius 3 is 2.07 bits per heavy atom. The summed E-state index contributed by atoms with van der Waals surface area (Å²) in [5, 5.41) is 48.4. The van der Waals surface area contributed by atoms with E-state index in [-0.39, 0.29) is 19.3 Å². The summed E-state index contributed by atoms with van der Waals surface area (Å²) in [5.74, 6) is -0.780. The summed E-state index contributed by atoms with van der Waals surface area (Å²) in [6, 6.07) is 0. The molecule has 0 aliphatic heterocycles. The average Bonchev–Trinajstić information content (AvgIpc) is 2.62. The quantitative estimate of drug-likeness (QED) is 0.194. The second-order valence-corrected chi connectivity index (χ2v) is 7.09. The van der Waals surface area contributed by atoms with Gasteiger partial charge in [-0.2, -0.15) is 0 Å². The molecule has 6 nitrogen and oxygen atoms in total. The second-order valence-electron chi connectivity index (χ2n) is 7.09. The molecule has 0 aliphatic rings. The van der Waals surface area contributed by atoms with E-state index in [4.69, 9.17) is 5.11 Å². The molecule has 0 aliphatic carbocycles. The molecule has 0 aromatic heterocycles. The van der Waals surface area contributed by atoms with Crippen LogP contribution in [0.2, 0.25) is 0 Å². The maximum atomic E-state index is 10.4. The molecule has 0 saturated heterocycles. The number of rotatable bonds is 17. The Kier molecular flexibility index (Phi) is 16.2. The molecule has 0 bridgehead atoms. The van der Waals surface area contributed by atoms with Gasteiger partial charge in [0.1, 0.15) is 0 Å². The molecule has 0 radical (unpaired) electrons. The van der Waals surface area contributed by atoms with Crippen LogP contribution < -0.4 is 0 Å². The number of unbranched alkanes of at least 4 members (excludes halogenated alkanes) is 5. The largest absolute Gasteiger partial charge is 0.481 e. The van der Waals surface area contributed by atoms with Gasteiger partial charge in [0.25, 0.3) is 0 Å². The first-order valence-electron chi connectivity index (χ1n) is 10.1. The molecule has 0 aromatic rings. The minimum absolute atomic E-state index is 0.0690. The van der Waals surface area contributed by atoms with E-state index in [1.807, 2.05) is 18.2 Å². The van der Waals surface area contributed by atoms with E-state index in [0.717, 1.165) is 38.5 Å². The molecule has 0 amide bonds. The summed E-state index contributed by atoms with van der Waals surface area (Å²) < 4.78 is 0. The maximum Gasteiger partial charge on any atom is 0.303 e. The van der Waals surface area contributed by atoms with E-state index in [0.29, 0.717) is 12.8 Å². The first kappa shape index (κ1) is 25.8. The lowest BCUT2D eigenvalue weighted by atomic mass is 9.97. The number of allylic oxidation sites excluding steroid dienone is 3. The summed E-state index contributed by atoms with van der Waals surface area (Å²) in [5.41, 5.74) is 0. The van der Waals surface area contributed by atoms with E-state index in [1.165, 1.54) is 0 Å². The van der Waals surface area contributed by atoms with Gasteiger partial charge in [-0.3, -0.25) is 4.79 Å². The Bertz CT molecular complexity index is 421. The molecule has 5 N–H and O–H groups in total. The smallest absolute Gasteiger partial charge is 0.303 e. The Labute approximate surface area is 163 Å². The van der Waals surface area contributed by atoms with Crippen LogP contribution in [-0.4, -0.2) is 55.9 Å². The van der Waals surface area contributed by atoms with Gasteiger partial charge >= 0.3 is 5.97 Å². The van der Waals surface area contributed by atoms with Crippen molar-refractivity contribution < 1.29 is 30.3 Å². The fraction of sp³-hybridized carbons (Fsp3) is 0.762. The molecule has 0 spiro atoms. The van der Waals surface area contributed by atoms with Crippen LogP contribution in [0.5, 0.6) is 0 Å². The molecule has 0 rings (SSSR count). The maximum absolute atomic E-state index is 10.4. The third-order valence-corrected chi connectivity index (χ3v) is 4.48. The molecule has 0 aromatic carbocycles. The van der Waals surface area contributed by atoms with Gasteiger partial charge in [0.05, 0.1) is 24.4 Å². The van der Waals surface area contributed by atoms with Crippen LogP contribution in [0.1, 0.15) is 77.6 Å². The van der Waals surface area contributed by atoms with E-state index < -0.39 is 30.4 Å². The van der Waals surface area contributed by atoms with Crippen LogP contribution in [0.25, 0.3) is 0 Å². The van der Waals surface area contributed by atoms with Gasteiger partial charge in [0.15, 0.2) is 0 Å². The number of carboxylic acid groups (broad SMARTS) is 1. The summed E-state index contributed by atoms with van der Waals surface area (Å²) in [6.07, 6.45) is 10.4. The van der Waals surface area contributed by atoms with Crippen LogP contribution in [0.4, 0.5) is 0 Å². The molecule has 0 saturated carbocycles. The second kappa shape index (κ2) is 16.9. The van der Waals surface area contributed by atoms with Crippen LogP contribution in [0.3, 0.4) is 0 Å². The number of hydrogen-bond donors (Lipinski definition) is 5. The molecule has 27 heavy (non-hydrogen) atoms. The van der Waals surface area contributed by atoms with E-state index in [2.05, 4.69) is 6.92 Å². The van der Waals surface area contributed by atoms with Crippen molar-refractivity contribution in [3.8, 4) is 0 Å². The third-order valence-electron chi connectivity index (χ3n) is 4.48. The molecule has 4 unspecified atom stereocenters. The summed E-state index contributed by atoms with van der Waals surface area (Å²) in [4.78, 5) is 10.4. The lowest BCUT2D eigenvalue weighted by molar-refractivity contribution is -0.137. The Balaban J connectivity index is 3.88. The number of aliphatic hydroxyl groups is 4. The Hall–Kier alpha value is -1.21. The van der Waals surface area contributed by atoms with E-state index in [1.54, 1.807) is 6.08 Å². The fourth-order valence-corrected chi connectivity index (χ4v) is 2.71. The predicted molar refractivity (Wildman–Crippen MR) is 106 cm³/mol. The monoisotopic (exact) mass is 386 g/mol. The number of aliphatic hydroxyl groups excluding tert-OH is 4. The molecule has 0 fully saturated rings. The fourth-order valence-electron chi connectivity index (χ4n) is 2.71. The molecular formula is C21H38O6. The van der Waals surface area contributed by atoms with E-state index in [9.17, 15) is 25.2 Å². The average molecular weight is 387 g/mol. The lowest BCUT2D eigenvalue weighted by Crippen LogP contribution is -2.35. The molecule has 158 valence electrons. The van der Waals surface area contributed by atoms with Gasteiger partial charge in [-0.05, 0) is 25.7 Å². The Morgan fingerprint density at radius 2 is 1.41 bits per heavy atom. The minimum Gasteiger partial charge on any atom is -0.481 e. The van der Waals surface area contributed by atoms with Crippen LogP contribution >= 0.6 is 0 Å². The Morgan fingerprint density at radius 1 is 0.815 bits per heavy atom. The van der Waals surface area contributed by atoms with Gasteiger partial charge in [-0.1, -0.05) is 63.3 Å². The van der Waals surface area contributed by atoms with Crippen LogP contribution in [0, 0.1) is 0 Å². The first-order chi connectivity index (χ1) is 12.9. The van der Waals surface area contributed by atoms with E-state index >= 15 is 0 Å². The van der Waals surface area contributed by atoms with Crippen molar-refractivity contribution in [2.45, 2.75) is 102 Å². The molecule has 4 atom stereocenters. The standard InChI is InChI=1S/C21H38O6/c1-2-3-4-5-7-10-13-17(22)19(24)16-20(25)18(23)14-11-8-6-9-12-15-21(26)27/h4-5,7,10,17-20,22-25H,2-3,6,8-9,11-16H2,1H3,(H,26,27)/b5-4+,10-7+.